The summed E-state index contributed by atoms with van der Waals surface area (Å²) in [6.07, 6.45) is 7.59. The van der Waals surface area contributed by atoms with Crippen LogP contribution < -0.4 is 0 Å². The Labute approximate surface area is 274 Å². The molecule has 0 radical (unpaired) electrons. The fourth-order valence-corrected chi connectivity index (χ4v) is 11.1. The summed E-state index contributed by atoms with van der Waals surface area (Å²) in [7, 11) is 0. The molecule has 0 aliphatic heterocycles. The van der Waals surface area contributed by atoms with Crippen molar-refractivity contribution < 1.29 is 38.1 Å². The third-order valence-electron chi connectivity index (χ3n) is 14.5. The lowest BCUT2D eigenvalue weighted by Gasteiger charge is -2.41. The number of hydrogen-bond donors (Lipinski definition) is 0. The van der Waals surface area contributed by atoms with Crippen LogP contribution in [-0.2, 0) is 38.1 Å². The molecule has 2 spiro atoms. The van der Waals surface area contributed by atoms with Crippen molar-refractivity contribution in [1.82, 2.24) is 0 Å². The molecule has 7 aliphatic carbocycles. The number of esters is 4. The van der Waals surface area contributed by atoms with Crippen molar-refractivity contribution in [3.63, 3.8) is 0 Å². The molecule has 7 fully saturated rings. The Kier molecular flexibility index (Phi) is 7.91. The van der Waals surface area contributed by atoms with Crippen molar-refractivity contribution in [3.8, 4) is 0 Å². The molecule has 46 heavy (non-hydrogen) atoms. The normalized spacial score (nSPS) is 45.3. The van der Waals surface area contributed by atoms with Gasteiger partial charge in [-0.15, -0.1) is 0 Å². The molecule has 8 heteroatoms. The zero-order valence-corrected chi connectivity index (χ0v) is 28.9. The first-order chi connectivity index (χ1) is 22.1. The van der Waals surface area contributed by atoms with Crippen molar-refractivity contribution in [3.05, 3.63) is 0 Å². The minimum absolute atomic E-state index is 0.153. The number of fused-ring (bicyclic) bond motifs is 2. The van der Waals surface area contributed by atoms with Crippen molar-refractivity contribution in [2.45, 2.75) is 156 Å². The lowest BCUT2D eigenvalue weighted by molar-refractivity contribution is -0.207. The minimum Gasteiger partial charge on any atom is -0.458 e. The zero-order chi connectivity index (χ0) is 32.8. The van der Waals surface area contributed by atoms with E-state index in [0.717, 1.165) is 64.2 Å². The predicted octanol–water partition coefficient (Wildman–Crippen LogP) is 6.95. The van der Waals surface area contributed by atoms with Gasteiger partial charge in [0, 0.05) is 12.8 Å². The maximum absolute atomic E-state index is 13.8. The fraction of sp³-hybridized carbons (Fsp3) is 0.895. The molecule has 0 aromatic rings. The standard InChI is InChI=1S/C38H56O8/c1-7-13-15-21(9-3)31(39)43-25-17-27(45-33(41)35(11-5)29-23-19-37(23,29)35)28(18-26(25)44-32(40)22(10-4)16-14-8-2)46-34(42)36(12-6)30-24-20-38(24,30)36/h21-30H,7-20H2,1-6H3. The van der Waals surface area contributed by atoms with Crippen LogP contribution in [0.1, 0.15) is 131 Å². The van der Waals surface area contributed by atoms with E-state index >= 15 is 0 Å². The number of hydrogen-bond acceptors (Lipinski definition) is 8. The Morgan fingerprint density at radius 3 is 1.20 bits per heavy atom. The number of ether oxygens (including phenoxy) is 4. The maximum atomic E-state index is 13.8. The summed E-state index contributed by atoms with van der Waals surface area (Å²) in [6.45, 7) is 12.3. The number of carbonyl (C=O) groups excluding carboxylic acids is 4. The summed E-state index contributed by atoms with van der Waals surface area (Å²) in [4.78, 5) is 54.7. The van der Waals surface area contributed by atoms with Gasteiger partial charge in [0.1, 0.15) is 24.4 Å². The first-order valence-electron chi connectivity index (χ1n) is 19.0. The quantitative estimate of drug-likeness (QED) is 0.117. The van der Waals surface area contributed by atoms with Crippen LogP contribution in [0.2, 0.25) is 0 Å². The zero-order valence-electron chi connectivity index (χ0n) is 28.9. The Morgan fingerprint density at radius 1 is 0.587 bits per heavy atom. The lowest BCUT2D eigenvalue weighted by Crippen LogP contribution is -2.53. The highest BCUT2D eigenvalue weighted by Gasteiger charge is 3.07. The molecule has 0 bridgehead atoms. The molecule has 7 aliphatic rings. The average molecular weight is 641 g/mol. The summed E-state index contributed by atoms with van der Waals surface area (Å²) < 4.78 is 25.1. The van der Waals surface area contributed by atoms with Crippen LogP contribution in [0, 0.1) is 57.2 Å². The van der Waals surface area contributed by atoms with Gasteiger partial charge in [-0.1, -0.05) is 67.2 Å². The Balaban J connectivity index is 1.12. The first kappa shape index (κ1) is 32.4. The van der Waals surface area contributed by atoms with E-state index in [9.17, 15) is 19.2 Å². The molecule has 0 aromatic heterocycles. The van der Waals surface area contributed by atoms with Crippen LogP contribution in [0.3, 0.4) is 0 Å². The van der Waals surface area contributed by atoms with E-state index in [1.165, 1.54) is 0 Å². The molecular formula is C38H56O8. The lowest BCUT2D eigenvalue weighted by atomic mass is 9.86. The molecule has 14 unspecified atom stereocenters. The van der Waals surface area contributed by atoms with Gasteiger partial charge in [-0.05, 0) is 85.9 Å². The van der Waals surface area contributed by atoms with Crippen molar-refractivity contribution >= 4 is 23.9 Å². The highest BCUT2D eigenvalue weighted by Crippen LogP contribution is 3.08. The molecule has 0 aromatic carbocycles. The smallest absolute Gasteiger partial charge is 0.313 e. The second-order valence-electron chi connectivity index (χ2n) is 16.1. The first-order valence-corrected chi connectivity index (χ1v) is 19.0. The molecule has 0 saturated heterocycles. The van der Waals surface area contributed by atoms with Crippen LogP contribution in [0.4, 0.5) is 0 Å². The molecule has 0 N–H and O–H groups in total. The summed E-state index contributed by atoms with van der Waals surface area (Å²) in [6, 6.07) is 0. The monoisotopic (exact) mass is 640 g/mol. The fourth-order valence-electron chi connectivity index (χ4n) is 11.1. The predicted molar refractivity (Wildman–Crippen MR) is 169 cm³/mol. The van der Waals surface area contributed by atoms with Crippen molar-refractivity contribution in [2.24, 2.45) is 57.2 Å². The van der Waals surface area contributed by atoms with E-state index in [1.807, 2.05) is 13.8 Å². The van der Waals surface area contributed by atoms with Gasteiger partial charge in [0.05, 0.1) is 22.7 Å². The van der Waals surface area contributed by atoms with Crippen molar-refractivity contribution in [1.29, 1.82) is 0 Å². The third kappa shape index (κ3) is 4.28. The van der Waals surface area contributed by atoms with E-state index in [-0.39, 0.29) is 59.4 Å². The topological polar surface area (TPSA) is 105 Å². The highest BCUT2D eigenvalue weighted by atomic mass is 16.6. The SMILES string of the molecule is CCCCC(CC)C(=O)OC1CC(OC(=O)C2(CC)C3C4CC432)C(OC(=O)C2(CC)C3C4CC432)CC1OC(=O)C(CC)CCCC. The van der Waals surface area contributed by atoms with Crippen LogP contribution in [0.25, 0.3) is 0 Å². The Hall–Kier alpha value is -2.12. The van der Waals surface area contributed by atoms with Gasteiger partial charge < -0.3 is 18.9 Å². The van der Waals surface area contributed by atoms with Gasteiger partial charge in [-0.25, -0.2) is 0 Å². The van der Waals surface area contributed by atoms with Crippen molar-refractivity contribution in [2.75, 3.05) is 0 Å². The van der Waals surface area contributed by atoms with Crippen LogP contribution in [-0.4, -0.2) is 48.3 Å². The van der Waals surface area contributed by atoms with E-state index in [4.69, 9.17) is 18.9 Å². The molecule has 8 nitrogen and oxygen atoms in total. The van der Waals surface area contributed by atoms with E-state index in [0.29, 0.717) is 36.5 Å². The van der Waals surface area contributed by atoms with Gasteiger partial charge in [0.15, 0.2) is 0 Å². The molecular weight excluding hydrogens is 584 g/mol. The molecule has 256 valence electrons. The molecule has 14 atom stereocenters. The summed E-state index contributed by atoms with van der Waals surface area (Å²) >= 11 is 0. The van der Waals surface area contributed by atoms with E-state index in [1.54, 1.807) is 0 Å². The second-order valence-corrected chi connectivity index (χ2v) is 16.1. The van der Waals surface area contributed by atoms with Gasteiger partial charge in [0.25, 0.3) is 0 Å². The highest BCUT2D eigenvalue weighted by molar-refractivity contribution is 5.90. The summed E-state index contributed by atoms with van der Waals surface area (Å²) in [5.74, 6) is 0.777. The number of carbonyl (C=O) groups is 4. The van der Waals surface area contributed by atoms with Gasteiger partial charge in [-0.3, -0.25) is 19.2 Å². The van der Waals surface area contributed by atoms with Crippen LogP contribution in [0.5, 0.6) is 0 Å². The summed E-state index contributed by atoms with van der Waals surface area (Å²) in [5, 5.41) is 0. The van der Waals surface area contributed by atoms with Crippen LogP contribution in [0.15, 0.2) is 0 Å². The second kappa shape index (κ2) is 11.2. The Bertz CT molecular complexity index is 1180. The molecule has 0 amide bonds. The van der Waals surface area contributed by atoms with Crippen LogP contribution >= 0.6 is 0 Å². The molecule has 7 saturated carbocycles. The van der Waals surface area contributed by atoms with E-state index < -0.39 is 35.2 Å². The largest absolute Gasteiger partial charge is 0.458 e. The molecule has 0 heterocycles. The molecule has 7 rings (SSSR count). The maximum Gasteiger partial charge on any atom is 0.313 e. The van der Waals surface area contributed by atoms with Gasteiger partial charge in [0.2, 0.25) is 0 Å². The third-order valence-corrected chi connectivity index (χ3v) is 14.5. The number of rotatable bonds is 18. The van der Waals surface area contributed by atoms with Gasteiger partial charge >= 0.3 is 23.9 Å². The average Bonchev–Trinajstić information content (AvgIpc) is 3.81. The van der Waals surface area contributed by atoms with E-state index in [2.05, 4.69) is 27.7 Å². The Morgan fingerprint density at radius 2 is 0.935 bits per heavy atom. The minimum atomic E-state index is -0.775. The number of unbranched alkanes of at least 4 members (excludes halogenated alkanes) is 2. The van der Waals surface area contributed by atoms with Gasteiger partial charge in [-0.2, -0.15) is 0 Å². The summed E-state index contributed by atoms with van der Waals surface area (Å²) in [5.41, 5.74) is -0.503.